The van der Waals surface area contributed by atoms with Crippen LogP contribution in [0.3, 0.4) is 0 Å². The van der Waals surface area contributed by atoms with Gasteiger partial charge >= 0.3 is 0 Å². The number of hydrogen-bond acceptors (Lipinski definition) is 2. The molecule has 0 heterocycles. The second-order valence-electron chi connectivity index (χ2n) is 9.05. The van der Waals surface area contributed by atoms with Crippen molar-refractivity contribution in [2.24, 2.45) is 5.41 Å². The van der Waals surface area contributed by atoms with Gasteiger partial charge < -0.3 is 9.84 Å². The zero-order valence-electron chi connectivity index (χ0n) is 18.4. The highest BCUT2D eigenvalue weighted by molar-refractivity contribution is 5.65. The fraction of sp³-hybridized carbons (Fsp3) is 0.538. The Labute approximate surface area is 179 Å². The van der Waals surface area contributed by atoms with Gasteiger partial charge in [-0.2, -0.15) is 4.39 Å². The fourth-order valence-electron chi connectivity index (χ4n) is 4.59. The predicted octanol–water partition coefficient (Wildman–Crippen LogP) is 7.38. The third-order valence-electron chi connectivity index (χ3n) is 6.75. The van der Waals surface area contributed by atoms with Gasteiger partial charge in [-0.1, -0.05) is 57.4 Å². The second kappa shape index (κ2) is 9.47. The zero-order chi connectivity index (χ0) is 21.8. The van der Waals surface area contributed by atoms with E-state index in [1.54, 1.807) is 19.1 Å². The molecule has 0 bridgehead atoms. The van der Waals surface area contributed by atoms with Gasteiger partial charge in [-0.25, -0.2) is 4.39 Å². The van der Waals surface area contributed by atoms with Crippen LogP contribution in [0, 0.1) is 17.0 Å². The highest BCUT2D eigenvalue weighted by Crippen LogP contribution is 2.48. The van der Waals surface area contributed by atoms with Crippen molar-refractivity contribution in [3.05, 3.63) is 53.6 Å². The maximum Gasteiger partial charge on any atom is 0.201 e. The molecule has 1 fully saturated rings. The molecule has 0 spiro atoms. The van der Waals surface area contributed by atoms with Crippen LogP contribution < -0.4 is 4.74 Å². The molecule has 1 aliphatic carbocycles. The number of halogens is 2. The Morgan fingerprint density at radius 1 is 0.900 bits per heavy atom. The van der Waals surface area contributed by atoms with Crippen molar-refractivity contribution in [3.8, 4) is 16.9 Å². The van der Waals surface area contributed by atoms with Gasteiger partial charge in [0.2, 0.25) is 5.82 Å². The van der Waals surface area contributed by atoms with E-state index in [0.29, 0.717) is 11.0 Å². The molecular formula is C26H34F2O2. The number of ether oxygens (including phenoxy) is 1. The Bertz CT molecular complexity index is 837. The van der Waals surface area contributed by atoms with Crippen molar-refractivity contribution in [2.45, 2.75) is 77.7 Å². The summed E-state index contributed by atoms with van der Waals surface area (Å²) in [5, 5.41) is 11.3. The average molecular weight is 417 g/mol. The summed E-state index contributed by atoms with van der Waals surface area (Å²) in [6, 6.07) is 10.2. The maximum atomic E-state index is 14.5. The van der Waals surface area contributed by atoms with Crippen LogP contribution in [0.5, 0.6) is 5.75 Å². The van der Waals surface area contributed by atoms with E-state index in [4.69, 9.17) is 4.74 Å². The molecule has 0 aromatic heterocycles. The summed E-state index contributed by atoms with van der Waals surface area (Å²) in [6.07, 6.45) is 8.46. The smallest absolute Gasteiger partial charge is 0.201 e. The van der Waals surface area contributed by atoms with Crippen LogP contribution in [-0.2, 0) is 5.60 Å². The van der Waals surface area contributed by atoms with Crippen molar-refractivity contribution in [1.29, 1.82) is 0 Å². The summed E-state index contributed by atoms with van der Waals surface area (Å²) in [5.74, 6) is -1.95. The Balaban J connectivity index is 1.73. The summed E-state index contributed by atoms with van der Waals surface area (Å²) in [4.78, 5) is 0. The fourth-order valence-corrected chi connectivity index (χ4v) is 4.59. The third kappa shape index (κ3) is 4.85. The number of hydrogen-bond donors (Lipinski definition) is 1. The summed E-state index contributed by atoms with van der Waals surface area (Å²) >= 11 is 0. The van der Waals surface area contributed by atoms with E-state index in [9.17, 15) is 13.9 Å². The maximum absolute atomic E-state index is 14.5. The molecule has 30 heavy (non-hydrogen) atoms. The highest BCUT2D eigenvalue weighted by Gasteiger charge is 2.39. The molecule has 2 aromatic carbocycles. The molecule has 0 saturated heterocycles. The monoisotopic (exact) mass is 416 g/mol. The van der Waals surface area contributed by atoms with Crippen LogP contribution in [0.4, 0.5) is 8.78 Å². The lowest BCUT2D eigenvalue weighted by atomic mass is 9.66. The molecule has 0 unspecified atom stereocenters. The molecule has 1 N–H and O–H groups in total. The van der Waals surface area contributed by atoms with Crippen molar-refractivity contribution < 1.29 is 18.6 Å². The van der Waals surface area contributed by atoms with E-state index < -0.39 is 17.2 Å². The van der Waals surface area contributed by atoms with Gasteiger partial charge in [-0.05, 0) is 67.7 Å². The first-order valence-corrected chi connectivity index (χ1v) is 11.3. The van der Waals surface area contributed by atoms with E-state index in [2.05, 4.69) is 13.8 Å². The van der Waals surface area contributed by atoms with Gasteiger partial charge in [-0.15, -0.1) is 0 Å². The normalized spacial score (nSPS) is 24.1. The van der Waals surface area contributed by atoms with Gasteiger partial charge in [-0.3, -0.25) is 0 Å². The Morgan fingerprint density at radius 3 is 2.17 bits per heavy atom. The van der Waals surface area contributed by atoms with Crippen molar-refractivity contribution >= 4 is 0 Å². The first-order valence-electron chi connectivity index (χ1n) is 11.3. The lowest BCUT2D eigenvalue weighted by molar-refractivity contribution is -0.0372. The highest BCUT2D eigenvalue weighted by atomic mass is 19.2. The first kappa shape index (κ1) is 22.7. The molecule has 3 rings (SSSR count). The summed E-state index contributed by atoms with van der Waals surface area (Å²) in [6.45, 7) is 6.57. The predicted molar refractivity (Wildman–Crippen MR) is 118 cm³/mol. The molecule has 2 nitrogen and oxygen atoms in total. The van der Waals surface area contributed by atoms with E-state index in [1.165, 1.54) is 37.8 Å². The Morgan fingerprint density at radius 2 is 1.57 bits per heavy atom. The number of rotatable bonds is 8. The Hall–Kier alpha value is -1.94. The molecule has 2 aromatic rings. The van der Waals surface area contributed by atoms with Crippen LogP contribution in [-0.4, -0.2) is 11.7 Å². The molecule has 0 aliphatic heterocycles. The Kier molecular flexibility index (Phi) is 7.18. The minimum absolute atomic E-state index is 0.0751. The van der Waals surface area contributed by atoms with E-state index in [-0.39, 0.29) is 17.9 Å². The SMILES string of the molecule is CCCCCC1(C)CCC(O)(c2ccc(-c3ccc(OCC)c(F)c3F)cc2)CC1. The first-order chi connectivity index (χ1) is 14.3. The summed E-state index contributed by atoms with van der Waals surface area (Å²) < 4.78 is 33.8. The molecular weight excluding hydrogens is 382 g/mol. The summed E-state index contributed by atoms with van der Waals surface area (Å²) in [7, 11) is 0. The molecule has 164 valence electrons. The van der Waals surface area contributed by atoms with Crippen LogP contribution in [0.2, 0.25) is 0 Å². The van der Waals surface area contributed by atoms with Gasteiger partial charge in [0.05, 0.1) is 12.2 Å². The van der Waals surface area contributed by atoms with Crippen LogP contribution in [0.1, 0.15) is 77.7 Å². The van der Waals surface area contributed by atoms with Gasteiger partial charge in [0.15, 0.2) is 11.6 Å². The zero-order valence-corrected chi connectivity index (χ0v) is 18.4. The average Bonchev–Trinajstić information content (AvgIpc) is 2.75. The van der Waals surface area contributed by atoms with Crippen molar-refractivity contribution in [3.63, 3.8) is 0 Å². The van der Waals surface area contributed by atoms with Gasteiger partial charge in [0.25, 0.3) is 0 Å². The topological polar surface area (TPSA) is 29.5 Å². The molecule has 4 heteroatoms. The summed E-state index contributed by atoms with van der Waals surface area (Å²) in [5.41, 5.74) is 1.10. The largest absolute Gasteiger partial charge is 0.491 e. The van der Waals surface area contributed by atoms with Gasteiger partial charge in [0, 0.05) is 5.56 Å². The molecule has 0 radical (unpaired) electrons. The van der Waals surface area contributed by atoms with Crippen LogP contribution in [0.25, 0.3) is 11.1 Å². The second-order valence-corrected chi connectivity index (χ2v) is 9.05. The van der Waals surface area contributed by atoms with Crippen molar-refractivity contribution in [2.75, 3.05) is 6.61 Å². The number of benzene rings is 2. The molecule has 0 amide bonds. The number of aliphatic hydroxyl groups is 1. The molecule has 0 atom stereocenters. The van der Waals surface area contributed by atoms with Gasteiger partial charge in [0.1, 0.15) is 0 Å². The molecule has 1 aliphatic rings. The lowest BCUT2D eigenvalue weighted by Gasteiger charge is -2.42. The number of unbranched alkanes of at least 4 members (excludes halogenated alkanes) is 2. The van der Waals surface area contributed by atoms with E-state index in [1.807, 2.05) is 12.1 Å². The van der Waals surface area contributed by atoms with E-state index in [0.717, 1.165) is 31.2 Å². The third-order valence-corrected chi connectivity index (χ3v) is 6.75. The van der Waals surface area contributed by atoms with Crippen LogP contribution in [0.15, 0.2) is 36.4 Å². The lowest BCUT2D eigenvalue weighted by Crippen LogP contribution is -2.35. The minimum Gasteiger partial charge on any atom is -0.491 e. The quantitative estimate of drug-likeness (QED) is 0.455. The van der Waals surface area contributed by atoms with E-state index >= 15 is 0 Å². The van der Waals surface area contributed by atoms with Crippen molar-refractivity contribution in [1.82, 2.24) is 0 Å². The standard InChI is InChI=1S/C26H34F2O2/c1-4-6-7-14-25(3)15-17-26(29,18-16-25)20-10-8-19(9-11-20)21-12-13-22(30-5-2)24(28)23(21)27/h8-13,29H,4-7,14-18H2,1-3H3. The molecule has 1 saturated carbocycles. The van der Waals surface area contributed by atoms with Crippen LogP contribution >= 0.6 is 0 Å². The minimum atomic E-state index is -0.966.